The van der Waals surface area contributed by atoms with Crippen molar-refractivity contribution in [2.75, 3.05) is 13.7 Å². The lowest BCUT2D eigenvalue weighted by Crippen LogP contribution is -2.39. The number of carbonyl (C=O) groups is 2. The molecule has 0 aliphatic carbocycles. The number of carboxylic acids is 1. The molecule has 0 radical (unpaired) electrons. The van der Waals surface area contributed by atoms with Crippen LogP contribution in [0.1, 0.15) is 26.2 Å². The van der Waals surface area contributed by atoms with Crippen molar-refractivity contribution in [2.24, 2.45) is 0 Å². The first-order chi connectivity index (χ1) is 6.61. The van der Waals surface area contributed by atoms with Crippen LogP contribution in [0.25, 0.3) is 0 Å². The van der Waals surface area contributed by atoms with E-state index >= 15 is 0 Å². The van der Waals surface area contributed by atoms with Crippen molar-refractivity contribution in [1.82, 2.24) is 5.32 Å². The molecule has 0 saturated carbocycles. The highest BCUT2D eigenvalue weighted by molar-refractivity contribution is 5.76. The van der Waals surface area contributed by atoms with Crippen LogP contribution >= 0.6 is 0 Å². The van der Waals surface area contributed by atoms with Crippen molar-refractivity contribution < 1.29 is 19.4 Å². The third-order valence-corrected chi connectivity index (χ3v) is 1.86. The molecular weight excluding hydrogens is 186 g/mol. The van der Waals surface area contributed by atoms with Gasteiger partial charge < -0.3 is 9.84 Å². The summed E-state index contributed by atoms with van der Waals surface area (Å²) in [6, 6.07) is -0.658. The van der Waals surface area contributed by atoms with Crippen LogP contribution < -0.4 is 5.32 Å². The van der Waals surface area contributed by atoms with E-state index < -0.39 is 18.0 Å². The molecule has 0 rings (SSSR count). The average molecular weight is 203 g/mol. The molecule has 0 aliphatic rings. The first-order valence-electron chi connectivity index (χ1n) is 4.64. The number of carboxylic acid groups (broad SMARTS) is 1. The smallest absolute Gasteiger partial charge is 0.320 e. The fraction of sp³-hybridized carbons (Fsp3) is 0.778. The predicted molar refractivity (Wildman–Crippen MR) is 51.0 cm³/mol. The summed E-state index contributed by atoms with van der Waals surface area (Å²) in [6.45, 7) is 1.93. The average Bonchev–Trinajstić information content (AvgIpc) is 2.16. The van der Waals surface area contributed by atoms with Crippen LogP contribution in [0.2, 0.25) is 0 Å². The summed E-state index contributed by atoms with van der Waals surface area (Å²) in [4.78, 5) is 21.4. The molecule has 1 unspecified atom stereocenters. The second-order valence-corrected chi connectivity index (χ2v) is 2.99. The minimum atomic E-state index is -0.928. The van der Waals surface area contributed by atoms with Gasteiger partial charge in [-0.1, -0.05) is 19.8 Å². The van der Waals surface area contributed by atoms with Gasteiger partial charge in [-0.25, -0.2) is 0 Å². The van der Waals surface area contributed by atoms with Gasteiger partial charge in [-0.2, -0.15) is 0 Å². The molecule has 0 spiro atoms. The van der Waals surface area contributed by atoms with Crippen LogP contribution in [0.15, 0.2) is 0 Å². The number of aliphatic carboxylic acids is 1. The molecule has 0 aliphatic heterocycles. The van der Waals surface area contributed by atoms with Crippen LogP contribution in [-0.4, -0.2) is 36.7 Å². The Morgan fingerprint density at radius 2 is 2.14 bits per heavy atom. The summed E-state index contributed by atoms with van der Waals surface area (Å²) in [6.07, 6.45) is 2.29. The lowest BCUT2D eigenvalue weighted by atomic mass is 10.1. The quantitative estimate of drug-likeness (QED) is 0.585. The molecule has 2 N–H and O–H groups in total. The Balaban J connectivity index is 3.84. The summed E-state index contributed by atoms with van der Waals surface area (Å²) in [5.74, 6) is -1.38. The number of carbonyl (C=O) groups excluding carboxylic acids is 1. The van der Waals surface area contributed by atoms with Crippen LogP contribution in [0.5, 0.6) is 0 Å². The SMILES string of the molecule is CCCCC(NCC(=O)OC)C(=O)O. The summed E-state index contributed by atoms with van der Waals surface area (Å²) in [7, 11) is 1.27. The van der Waals surface area contributed by atoms with Crippen molar-refractivity contribution in [3.8, 4) is 0 Å². The minimum absolute atomic E-state index is 0.0584. The summed E-state index contributed by atoms with van der Waals surface area (Å²) in [5, 5.41) is 11.4. The molecule has 0 bridgehead atoms. The molecule has 14 heavy (non-hydrogen) atoms. The number of ether oxygens (including phenoxy) is 1. The molecule has 82 valence electrons. The van der Waals surface area contributed by atoms with Gasteiger partial charge in [0, 0.05) is 0 Å². The Labute approximate surface area is 83.4 Å². The molecule has 0 saturated heterocycles. The number of nitrogens with one attached hydrogen (secondary N) is 1. The monoisotopic (exact) mass is 203 g/mol. The van der Waals surface area contributed by atoms with Gasteiger partial charge in [0.15, 0.2) is 0 Å². The maximum absolute atomic E-state index is 10.7. The molecule has 0 aromatic carbocycles. The zero-order chi connectivity index (χ0) is 11.0. The number of rotatable bonds is 7. The van der Waals surface area contributed by atoms with Gasteiger partial charge >= 0.3 is 11.9 Å². The van der Waals surface area contributed by atoms with Gasteiger partial charge in [-0.15, -0.1) is 0 Å². The first kappa shape index (κ1) is 12.9. The minimum Gasteiger partial charge on any atom is -0.480 e. The Bertz CT molecular complexity index is 193. The molecular formula is C9H17NO4. The number of hydrogen-bond donors (Lipinski definition) is 2. The summed E-state index contributed by atoms with van der Waals surface area (Å²) in [5.41, 5.74) is 0. The van der Waals surface area contributed by atoms with Gasteiger partial charge in [0.05, 0.1) is 13.7 Å². The van der Waals surface area contributed by atoms with Gasteiger partial charge in [0.25, 0.3) is 0 Å². The highest BCUT2D eigenvalue weighted by Crippen LogP contribution is 2.00. The zero-order valence-electron chi connectivity index (χ0n) is 8.58. The second-order valence-electron chi connectivity index (χ2n) is 2.99. The molecule has 1 atom stereocenters. The maximum atomic E-state index is 10.7. The standard InChI is InChI=1S/C9H17NO4/c1-3-4-5-7(9(12)13)10-6-8(11)14-2/h7,10H,3-6H2,1-2H3,(H,12,13). The Kier molecular flexibility index (Phi) is 6.74. The predicted octanol–water partition coefficient (Wildman–Crippen LogP) is 0.392. The Morgan fingerprint density at radius 1 is 1.50 bits per heavy atom. The van der Waals surface area contributed by atoms with Gasteiger partial charge in [-0.05, 0) is 6.42 Å². The van der Waals surface area contributed by atoms with E-state index in [-0.39, 0.29) is 6.54 Å². The second kappa shape index (κ2) is 7.32. The van der Waals surface area contributed by atoms with Crippen molar-refractivity contribution in [1.29, 1.82) is 0 Å². The highest BCUT2D eigenvalue weighted by atomic mass is 16.5. The molecule has 0 aromatic rings. The van der Waals surface area contributed by atoms with Crippen molar-refractivity contribution in [2.45, 2.75) is 32.2 Å². The molecule has 0 fully saturated rings. The Hall–Kier alpha value is -1.10. The number of esters is 1. The largest absolute Gasteiger partial charge is 0.480 e. The van der Waals surface area contributed by atoms with Crippen molar-refractivity contribution in [3.05, 3.63) is 0 Å². The van der Waals surface area contributed by atoms with Crippen molar-refractivity contribution in [3.63, 3.8) is 0 Å². The van der Waals surface area contributed by atoms with E-state index in [1.54, 1.807) is 0 Å². The van der Waals surface area contributed by atoms with E-state index in [1.165, 1.54) is 7.11 Å². The van der Waals surface area contributed by atoms with Crippen molar-refractivity contribution >= 4 is 11.9 Å². The highest BCUT2D eigenvalue weighted by Gasteiger charge is 2.16. The van der Waals surface area contributed by atoms with E-state index in [0.29, 0.717) is 6.42 Å². The van der Waals surface area contributed by atoms with Crippen LogP contribution in [0, 0.1) is 0 Å². The van der Waals surface area contributed by atoms with Gasteiger partial charge in [-0.3, -0.25) is 14.9 Å². The van der Waals surface area contributed by atoms with Crippen LogP contribution in [-0.2, 0) is 14.3 Å². The molecule has 0 aromatic heterocycles. The van der Waals surface area contributed by atoms with E-state index in [9.17, 15) is 9.59 Å². The summed E-state index contributed by atoms with van der Waals surface area (Å²) < 4.78 is 4.39. The van der Waals surface area contributed by atoms with Gasteiger partial charge in [0.1, 0.15) is 6.04 Å². The molecule has 5 heteroatoms. The topological polar surface area (TPSA) is 75.6 Å². The number of hydrogen-bond acceptors (Lipinski definition) is 4. The fourth-order valence-electron chi connectivity index (χ4n) is 1.000. The lowest BCUT2D eigenvalue weighted by molar-refractivity contribution is -0.141. The fourth-order valence-corrected chi connectivity index (χ4v) is 1.000. The molecule has 0 amide bonds. The third-order valence-electron chi connectivity index (χ3n) is 1.86. The first-order valence-corrected chi connectivity index (χ1v) is 4.64. The summed E-state index contributed by atoms with van der Waals surface area (Å²) >= 11 is 0. The van der Waals surface area contributed by atoms with E-state index in [4.69, 9.17) is 5.11 Å². The zero-order valence-corrected chi connectivity index (χ0v) is 8.58. The lowest BCUT2D eigenvalue weighted by Gasteiger charge is -2.12. The van der Waals surface area contributed by atoms with Crippen LogP contribution in [0.3, 0.4) is 0 Å². The third kappa shape index (κ3) is 5.53. The van der Waals surface area contributed by atoms with E-state index in [2.05, 4.69) is 10.1 Å². The van der Waals surface area contributed by atoms with Gasteiger partial charge in [0.2, 0.25) is 0 Å². The molecule has 0 heterocycles. The number of unbranched alkanes of at least 4 members (excludes halogenated alkanes) is 1. The molecule has 5 nitrogen and oxygen atoms in total. The number of methoxy groups -OCH3 is 1. The van der Waals surface area contributed by atoms with Crippen LogP contribution in [0.4, 0.5) is 0 Å². The Morgan fingerprint density at radius 3 is 2.57 bits per heavy atom. The maximum Gasteiger partial charge on any atom is 0.320 e. The van der Waals surface area contributed by atoms with E-state index in [0.717, 1.165) is 12.8 Å². The van der Waals surface area contributed by atoms with E-state index in [1.807, 2.05) is 6.92 Å². The normalized spacial score (nSPS) is 12.1.